The van der Waals surface area contributed by atoms with E-state index in [1.54, 1.807) is 0 Å². The molecule has 1 aromatic carbocycles. The Morgan fingerprint density at radius 1 is 1.25 bits per heavy atom. The minimum Gasteiger partial charge on any atom is -0.489 e. The molecule has 0 saturated carbocycles. The molecule has 1 aromatic rings. The summed E-state index contributed by atoms with van der Waals surface area (Å²) in [6.07, 6.45) is -0.570. The number of aliphatic hydroxyl groups is 1. The van der Waals surface area contributed by atoms with Gasteiger partial charge in [0.15, 0.2) is 0 Å². The highest BCUT2D eigenvalue weighted by Crippen LogP contribution is 2.27. The molecule has 0 saturated heterocycles. The smallest absolute Gasteiger partial charge is 0.138 e. The molecule has 4 nitrogen and oxygen atoms in total. The van der Waals surface area contributed by atoms with E-state index >= 15 is 0 Å². The summed E-state index contributed by atoms with van der Waals surface area (Å²) < 4.78 is 10.8. The lowest BCUT2D eigenvalue weighted by Gasteiger charge is -2.16. The third kappa shape index (κ3) is 5.67. The van der Waals surface area contributed by atoms with Gasteiger partial charge in [-0.3, -0.25) is 0 Å². The van der Waals surface area contributed by atoms with E-state index in [1.807, 2.05) is 39.1 Å². The van der Waals surface area contributed by atoms with Crippen molar-refractivity contribution >= 4 is 11.6 Å². The van der Waals surface area contributed by atoms with Crippen LogP contribution < -0.4 is 10.1 Å². The van der Waals surface area contributed by atoms with Gasteiger partial charge >= 0.3 is 0 Å². The lowest BCUT2D eigenvalue weighted by molar-refractivity contribution is -0.0122. The second-order valence-corrected chi connectivity index (χ2v) is 5.45. The number of aliphatic hydroxyl groups excluding tert-OH is 1. The first-order valence-electron chi connectivity index (χ1n) is 6.83. The van der Waals surface area contributed by atoms with Crippen molar-refractivity contribution in [3.63, 3.8) is 0 Å². The second kappa shape index (κ2) is 8.47. The van der Waals surface area contributed by atoms with Crippen molar-refractivity contribution < 1.29 is 14.6 Å². The summed E-state index contributed by atoms with van der Waals surface area (Å²) in [5, 5.41) is 13.4. The zero-order valence-corrected chi connectivity index (χ0v) is 13.3. The molecule has 20 heavy (non-hydrogen) atoms. The van der Waals surface area contributed by atoms with Crippen molar-refractivity contribution in [3.05, 3.63) is 28.8 Å². The number of halogens is 1. The predicted molar refractivity (Wildman–Crippen MR) is 81.5 cm³/mol. The van der Waals surface area contributed by atoms with E-state index in [0.717, 1.165) is 5.56 Å². The van der Waals surface area contributed by atoms with Gasteiger partial charge < -0.3 is 19.9 Å². The molecule has 2 N–H and O–H groups in total. The molecule has 0 aliphatic heterocycles. The third-order valence-electron chi connectivity index (χ3n) is 2.94. The molecule has 0 aromatic heterocycles. The van der Waals surface area contributed by atoms with Crippen molar-refractivity contribution in [1.82, 2.24) is 5.32 Å². The Balaban J connectivity index is 2.52. The maximum absolute atomic E-state index is 9.73. The van der Waals surface area contributed by atoms with Gasteiger partial charge in [-0.2, -0.15) is 0 Å². The van der Waals surface area contributed by atoms with Gasteiger partial charge in [0.05, 0.1) is 17.7 Å². The molecule has 0 amide bonds. The van der Waals surface area contributed by atoms with Crippen LogP contribution in [0.25, 0.3) is 0 Å². The van der Waals surface area contributed by atoms with Crippen LogP contribution in [0.3, 0.4) is 0 Å². The van der Waals surface area contributed by atoms with Crippen LogP contribution in [-0.2, 0) is 4.74 Å². The van der Waals surface area contributed by atoms with Gasteiger partial charge in [-0.25, -0.2) is 0 Å². The summed E-state index contributed by atoms with van der Waals surface area (Å²) in [5.41, 5.74) is 1.09. The Labute approximate surface area is 126 Å². The van der Waals surface area contributed by atoms with Crippen LogP contribution in [0, 0.1) is 0 Å². The van der Waals surface area contributed by atoms with E-state index in [2.05, 4.69) is 12.2 Å². The first-order valence-corrected chi connectivity index (χ1v) is 7.21. The Hall–Kier alpha value is -0.810. The molecule has 114 valence electrons. The lowest BCUT2D eigenvalue weighted by atomic mass is 10.1. The Morgan fingerprint density at radius 3 is 2.50 bits per heavy atom. The fourth-order valence-corrected chi connectivity index (χ4v) is 1.85. The molecule has 5 heteroatoms. The van der Waals surface area contributed by atoms with E-state index in [1.165, 1.54) is 0 Å². The van der Waals surface area contributed by atoms with Crippen molar-refractivity contribution in [2.75, 3.05) is 20.3 Å². The van der Waals surface area contributed by atoms with Crippen LogP contribution in [0.15, 0.2) is 18.2 Å². The molecule has 0 spiro atoms. The van der Waals surface area contributed by atoms with E-state index in [4.69, 9.17) is 21.1 Å². The van der Waals surface area contributed by atoms with Gasteiger partial charge in [0, 0.05) is 6.04 Å². The number of hydrogen-bond acceptors (Lipinski definition) is 4. The highest BCUT2D eigenvalue weighted by Gasteiger charge is 2.10. The van der Waals surface area contributed by atoms with Crippen LogP contribution in [0.4, 0.5) is 0 Å². The molecule has 0 aliphatic rings. The van der Waals surface area contributed by atoms with E-state index < -0.39 is 6.10 Å². The van der Waals surface area contributed by atoms with Crippen LogP contribution >= 0.6 is 11.6 Å². The average Bonchev–Trinajstić information content (AvgIpc) is 2.42. The zero-order chi connectivity index (χ0) is 15.1. The normalized spacial score (nSPS) is 14.3. The largest absolute Gasteiger partial charge is 0.489 e. The predicted octanol–water partition coefficient (Wildman–Crippen LogP) is 2.79. The number of ether oxygens (including phenoxy) is 2. The Bertz CT molecular complexity index is 412. The van der Waals surface area contributed by atoms with E-state index in [9.17, 15) is 5.11 Å². The molecule has 0 radical (unpaired) electrons. The molecule has 2 unspecified atom stereocenters. The van der Waals surface area contributed by atoms with Crippen molar-refractivity contribution in [2.45, 2.75) is 39.0 Å². The summed E-state index contributed by atoms with van der Waals surface area (Å²) in [6.45, 7) is 6.31. The molecule has 0 aliphatic carbocycles. The molecule has 1 rings (SSSR count). The minimum absolute atomic E-state index is 0.0931. The minimum atomic E-state index is -0.663. The van der Waals surface area contributed by atoms with Gasteiger partial charge in [0.25, 0.3) is 0 Å². The van der Waals surface area contributed by atoms with Crippen LogP contribution in [-0.4, -0.2) is 37.6 Å². The maximum atomic E-state index is 9.73. The first kappa shape index (κ1) is 17.2. The van der Waals surface area contributed by atoms with Crippen LogP contribution in [0.1, 0.15) is 32.4 Å². The summed E-state index contributed by atoms with van der Waals surface area (Å²) in [5.74, 6) is 0.572. The fourth-order valence-electron chi connectivity index (χ4n) is 1.61. The number of nitrogens with one attached hydrogen (secondary N) is 1. The highest BCUT2D eigenvalue weighted by molar-refractivity contribution is 6.32. The zero-order valence-electron chi connectivity index (χ0n) is 12.5. The molecular weight excluding hydrogens is 278 g/mol. The van der Waals surface area contributed by atoms with E-state index in [0.29, 0.717) is 10.8 Å². The van der Waals surface area contributed by atoms with Crippen LogP contribution in [0.2, 0.25) is 5.02 Å². The van der Waals surface area contributed by atoms with E-state index in [-0.39, 0.29) is 25.4 Å². The molecule has 0 fully saturated rings. The van der Waals surface area contributed by atoms with Crippen molar-refractivity contribution in [1.29, 1.82) is 0 Å². The SMILES string of the molecule is CNC(C)c1ccc(OCC(O)COC(C)C)c(Cl)c1. The highest BCUT2D eigenvalue weighted by atomic mass is 35.5. The molecule has 0 bridgehead atoms. The third-order valence-corrected chi connectivity index (χ3v) is 3.24. The number of hydrogen-bond donors (Lipinski definition) is 2. The van der Waals surface area contributed by atoms with Gasteiger partial charge in [-0.15, -0.1) is 0 Å². The summed E-state index contributed by atoms with van der Waals surface area (Å²) in [7, 11) is 1.90. The van der Waals surface area contributed by atoms with Crippen LogP contribution in [0.5, 0.6) is 5.75 Å². The van der Waals surface area contributed by atoms with Gasteiger partial charge in [0.2, 0.25) is 0 Å². The first-order chi connectivity index (χ1) is 9.43. The summed E-state index contributed by atoms with van der Waals surface area (Å²) in [6, 6.07) is 5.88. The standard InChI is InChI=1S/C15H24ClNO3/c1-10(2)19-8-13(18)9-20-15-6-5-12(7-14(15)16)11(3)17-4/h5-7,10-11,13,17-18H,8-9H2,1-4H3. The number of benzene rings is 1. The Morgan fingerprint density at radius 2 is 1.95 bits per heavy atom. The summed E-state index contributed by atoms with van der Waals surface area (Å²) >= 11 is 6.18. The van der Waals surface area contributed by atoms with Gasteiger partial charge in [-0.05, 0) is 45.5 Å². The Kier molecular flexibility index (Phi) is 7.30. The second-order valence-electron chi connectivity index (χ2n) is 5.05. The molecular formula is C15H24ClNO3. The molecule has 0 heterocycles. The van der Waals surface area contributed by atoms with Gasteiger partial charge in [-0.1, -0.05) is 17.7 Å². The topological polar surface area (TPSA) is 50.7 Å². The fraction of sp³-hybridized carbons (Fsp3) is 0.600. The quantitative estimate of drug-likeness (QED) is 0.775. The maximum Gasteiger partial charge on any atom is 0.138 e. The number of rotatable bonds is 8. The van der Waals surface area contributed by atoms with Gasteiger partial charge in [0.1, 0.15) is 18.5 Å². The monoisotopic (exact) mass is 301 g/mol. The van der Waals surface area contributed by atoms with Crippen molar-refractivity contribution in [3.8, 4) is 5.75 Å². The summed E-state index contributed by atoms with van der Waals surface area (Å²) in [4.78, 5) is 0. The average molecular weight is 302 g/mol. The van der Waals surface area contributed by atoms with Crippen molar-refractivity contribution in [2.24, 2.45) is 0 Å². The lowest BCUT2D eigenvalue weighted by Crippen LogP contribution is -2.25. The molecule has 2 atom stereocenters.